The Bertz CT molecular complexity index is 1930. The molecule has 252 valence electrons. The molecule has 48 heavy (non-hydrogen) atoms. The third-order valence-corrected chi connectivity index (χ3v) is 9.52. The number of thiophene rings is 1. The van der Waals surface area contributed by atoms with E-state index in [2.05, 4.69) is 9.88 Å². The first kappa shape index (κ1) is 34.9. The van der Waals surface area contributed by atoms with Crippen LogP contribution in [-0.2, 0) is 36.9 Å². The monoisotopic (exact) mass is 682 g/mol. The summed E-state index contributed by atoms with van der Waals surface area (Å²) in [6, 6.07) is 20.4. The summed E-state index contributed by atoms with van der Waals surface area (Å²) in [6.45, 7) is 6.77. The van der Waals surface area contributed by atoms with Crippen LogP contribution in [0.4, 0.5) is 22.0 Å². The molecule has 0 fully saturated rings. The van der Waals surface area contributed by atoms with E-state index in [4.69, 9.17) is 0 Å². The average Bonchev–Trinajstić information content (AvgIpc) is 3.59. The lowest BCUT2D eigenvalue weighted by Gasteiger charge is -2.28. The van der Waals surface area contributed by atoms with Gasteiger partial charge in [0.05, 0.1) is 10.9 Å². The van der Waals surface area contributed by atoms with Crippen molar-refractivity contribution in [2.75, 3.05) is 26.2 Å². The number of aryl methyl sites for hydroxylation is 2. The molecule has 1 amide bonds. The zero-order valence-electron chi connectivity index (χ0n) is 26.6. The molecule has 0 saturated carbocycles. The SMILES string of the molecule is CCN(CC)CCN(Cc1ccc(-c2ccc(C(F)(F)F)s2)cc1)C(=O)Cn1c(CCc2cccc(F)c2F)nc(=O)c2ccccc21. The first-order valence-electron chi connectivity index (χ1n) is 15.7. The Morgan fingerprint density at radius 3 is 2.29 bits per heavy atom. The van der Waals surface area contributed by atoms with Crippen molar-refractivity contribution < 1.29 is 26.7 Å². The summed E-state index contributed by atoms with van der Waals surface area (Å²) in [4.78, 5) is 35.1. The maximum absolute atomic E-state index is 14.5. The number of nitrogens with zero attached hydrogens (tertiary/aromatic N) is 4. The molecule has 2 aromatic heterocycles. The van der Waals surface area contributed by atoms with E-state index >= 15 is 0 Å². The van der Waals surface area contributed by atoms with Crippen LogP contribution >= 0.6 is 11.3 Å². The fourth-order valence-electron chi connectivity index (χ4n) is 5.59. The summed E-state index contributed by atoms with van der Waals surface area (Å²) in [5.74, 6) is -1.90. The Hall–Kier alpha value is -4.42. The number of aromatic nitrogens is 2. The summed E-state index contributed by atoms with van der Waals surface area (Å²) in [5.41, 5.74) is 1.60. The van der Waals surface area contributed by atoms with Gasteiger partial charge in [0, 0.05) is 30.9 Å². The zero-order chi connectivity index (χ0) is 34.4. The highest BCUT2D eigenvalue weighted by Gasteiger charge is 2.32. The topological polar surface area (TPSA) is 58.4 Å². The van der Waals surface area contributed by atoms with Crippen LogP contribution in [-0.4, -0.2) is 51.4 Å². The number of hydrogen-bond acceptors (Lipinski definition) is 5. The minimum Gasteiger partial charge on any atom is -0.336 e. The van der Waals surface area contributed by atoms with Crippen molar-refractivity contribution in [1.29, 1.82) is 0 Å². The van der Waals surface area contributed by atoms with Crippen LogP contribution in [0.5, 0.6) is 0 Å². The summed E-state index contributed by atoms with van der Waals surface area (Å²) < 4.78 is 69.4. The predicted molar refractivity (Wildman–Crippen MR) is 178 cm³/mol. The molecular formula is C36H35F5N4O2S. The van der Waals surface area contributed by atoms with E-state index in [9.17, 15) is 31.5 Å². The first-order chi connectivity index (χ1) is 23.0. The molecule has 0 aliphatic carbocycles. The van der Waals surface area contributed by atoms with Gasteiger partial charge in [-0.15, -0.1) is 11.3 Å². The van der Waals surface area contributed by atoms with Gasteiger partial charge < -0.3 is 14.4 Å². The van der Waals surface area contributed by atoms with Crippen LogP contribution in [0, 0.1) is 11.6 Å². The lowest BCUT2D eigenvalue weighted by atomic mass is 10.1. The summed E-state index contributed by atoms with van der Waals surface area (Å²) >= 11 is 0.677. The molecule has 3 aromatic carbocycles. The molecule has 0 bridgehead atoms. The number of carbonyl (C=O) groups excluding carboxylic acids is 1. The lowest BCUT2D eigenvalue weighted by Crippen LogP contribution is -2.40. The Kier molecular flexibility index (Phi) is 11.1. The number of amides is 1. The highest BCUT2D eigenvalue weighted by Crippen LogP contribution is 2.38. The zero-order valence-corrected chi connectivity index (χ0v) is 27.4. The van der Waals surface area contributed by atoms with Crippen LogP contribution in [0.1, 0.15) is 35.7 Å². The van der Waals surface area contributed by atoms with Crippen molar-refractivity contribution in [3.63, 3.8) is 0 Å². The normalized spacial score (nSPS) is 11.8. The number of para-hydroxylation sites is 1. The van der Waals surface area contributed by atoms with E-state index in [0.717, 1.165) is 30.8 Å². The number of hydrogen-bond donors (Lipinski definition) is 0. The van der Waals surface area contributed by atoms with E-state index in [0.29, 0.717) is 45.8 Å². The van der Waals surface area contributed by atoms with Crippen LogP contribution < -0.4 is 5.56 Å². The third-order valence-electron chi connectivity index (χ3n) is 8.34. The van der Waals surface area contributed by atoms with Crippen LogP contribution in [0.2, 0.25) is 0 Å². The van der Waals surface area contributed by atoms with E-state index in [-0.39, 0.29) is 43.2 Å². The second-order valence-corrected chi connectivity index (χ2v) is 12.4. The molecule has 5 rings (SSSR count). The van der Waals surface area contributed by atoms with E-state index in [1.54, 1.807) is 58.0 Å². The Morgan fingerprint density at radius 1 is 0.875 bits per heavy atom. The molecule has 2 heterocycles. The number of carbonyl (C=O) groups is 1. The average molecular weight is 683 g/mol. The van der Waals surface area contributed by atoms with Gasteiger partial charge in [-0.25, -0.2) is 8.78 Å². The quantitative estimate of drug-likeness (QED) is 0.120. The number of halogens is 5. The van der Waals surface area contributed by atoms with Gasteiger partial charge in [0.15, 0.2) is 11.6 Å². The van der Waals surface area contributed by atoms with Crippen LogP contribution in [0.3, 0.4) is 0 Å². The smallest absolute Gasteiger partial charge is 0.336 e. The van der Waals surface area contributed by atoms with E-state index in [1.807, 2.05) is 13.8 Å². The molecule has 12 heteroatoms. The van der Waals surface area contributed by atoms with Gasteiger partial charge in [0.2, 0.25) is 5.91 Å². The molecule has 0 N–H and O–H groups in total. The minimum atomic E-state index is -4.41. The van der Waals surface area contributed by atoms with Crippen molar-refractivity contribution in [2.45, 2.75) is 46.0 Å². The van der Waals surface area contributed by atoms with Gasteiger partial charge in [-0.05, 0) is 66.5 Å². The van der Waals surface area contributed by atoms with Gasteiger partial charge in [-0.1, -0.05) is 62.4 Å². The number of likely N-dealkylation sites (N-methyl/N-ethyl adjacent to an activating group) is 1. The molecule has 0 atom stereocenters. The second kappa shape index (κ2) is 15.2. The lowest BCUT2D eigenvalue weighted by molar-refractivity contribution is -0.134. The van der Waals surface area contributed by atoms with E-state index in [1.165, 1.54) is 18.2 Å². The first-order valence-corrected chi connectivity index (χ1v) is 16.5. The molecular weight excluding hydrogens is 647 g/mol. The molecule has 0 unspecified atom stereocenters. The predicted octanol–water partition coefficient (Wildman–Crippen LogP) is 7.58. The van der Waals surface area contributed by atoms with E-state index < -0.39 is 28.2 Å². The van der Waals surface area contributed by atoms with Gasteiger partial charge in [0.25, 0.3) is 5.56 Å². The molecule has 6 nitrogen and oxygen atoms in total. The fraction of sp³-hybridized carbons (Fsp3) is 0.306. The summed E-state index contributed by atoms with van der Waals surface area (Å²) in [5, 5.41) is 0.332. The molecule has 0 aliphatic rings. The molecule has 0 spiro atoms. The summed E-state index contributed by atoms with van der Waals surface area (Å²) in [6.07, 6.45) is -4.25. The van der Waals surface area contributed by atoms with Crippen molar-refractivity contribution in [2.24, 2.45) is 0 Å². The van der Waals surface area contributed by atoms with Crippen molar-refractivity contribution >= 4 is 28.1 Å². The van der Waals surface area contributed by atoms with Crippen LogP contribution in [0.15, 0.2) is 83.7 Å². The standard InChI is InChI=1S/C36H35F5N4O2S/c1-3-43(4-2)20-21-44(22-24-12-14-25(15-13-24)30-17-18-31(48-30)36(39,40)41)33(46)23-45-29-11-6-5-9-27(29)35(47)42-32(45)19-16-26-8-7-10-28(37)34(26)38/h5-15,17-18H,3-4,16,19-23H2,1-2H3. The minimum absolute atomic E-state index is 0.0648. The Labute approximate surface area is 279 Å². The number of rotatable bonds is 13. The number of benzene rings is 3. The molecule has 0 aliphatic heterocycles. The Balaban J connectivity index is 1.43. The highest BCUT2D eigenvalue weighted by atomic mass is 32.1. The van der Waals surface area contributed by atoms with Crippen LogP contribution in [0.25, 0.3) is 21.3 Å². The Morgan fingerprint density at radius 2 is 1.60 bits per heavy atom. The summed E-state index contributed by atoms with van der Waals surface area (Å²) in [7, 11) is 0. The maximum atomic E-state index is 14.5. The van der Waals surface area contributed by atoms with Crippen molar-refractivity contribution in [3.05, 3.63) is 123 Å². The van der Waals surface area contributed by atoms with Gasteiger partial charge in [-0.2, -0.15) is 18.2 Å². The molecule has 0 saturated heterocycles. The highest BCUT2D eigenvalue weighted by molar-refractivity contribution is 7.15. The van der Waals surface area contributed by atoms with Crippen molar-refractivity contribution in [3.8, 4) is 10.4 Å². The number of alkyl halides is 3. The third kappa shape index (κ3) is 8.16. The number of fused-ring (bicyclic) bond motifs is 1. The largest absolute Gasteiger partial charge is 0.425 e. The van der Waals surface area contributed by atoms with Gasteiger partial charge >= 0.3 is 6.18 Å². The molecule has 0 radical (unpaired) electrons. The van der Waals surface area contributed by atoms with Gasteiger partial charge in [0.1, 0.15) is 17.2 Å². The maximum Gasteiger partial charge on any atom is 0.425 e. The second-order valence-electron chi connectivity index (χ2n) is 11.4. The molecule has 5 aromatic rings. The van der Waals surface area contributed by atoms with Crippen molar-refractivity contribution in [1.82, 2.24) is 19.4 Å². The van der Waals surface area contributed by atoms with Gasteiger partial charge in [-0.3, -0.25) is 9.59 Å². The fourth-order valence-corrected chi connectivity index (χ4v) is 6.47.